The molecule has 0 aromatic heterocycles. The van der Waals surface area contributed by atoms with Crippen molar-refractivity contribution in [3.05, 3.63) is 42.0 Å². The summed E-state index contributed by atoms with van der Waals surface area (Å²) in [6.07, 6.45) is -0.666. The largest absolute Gasteiger partial charge is 0.508 e. The van der Waals surface area contributed by atoms with Crippen LogP contribution in [0.4, 0.5) is 11.4 Å². The summed E-state index contributed by atoms with van der Waals surface area (Å²) in [6.45, 7) is 6.41. The summed E-state index contributed by atoms with van der Waals surface area (Å²) in [7, 11) is 1.60. The van der Waals surface area contributed by atoms with Gasteiger partial charge in [0.1, 0.15) is 17.2 Å². The molecule has 0 aliphatic carbocycles. The highest BCUT2D eigenvalue weighted by molar-refractivity contribution is 5.95. The standard InChI is InChI=1S/C20H24N2O4/c1-20(2,3)14-7-5-12(9-16(14)23)22-19(24)18-11-21-15-10-13(25-4)6-8-17(15)26-18/h5-10,18,21,23H,11H2,1-4H3,(H,22,24). The van der Waals surface area contributed by atoms with Crippen LogP contribution in [0.1, 0.15) is 26.3 Å². The Morgan fingerprint density at radius 2 is 2.04 bits per heavy atom. The third-order valence-electron chi connectivity index (χ3n) is 4.30. The summed E-state index contributed by atoms with van der Waals surface area (Å²) in [5.74, 6) is 1.21. The van der Waals surface area contributed by atoms with Crippen molar-refractivity contribution < 1.29 is 19.4 Å². The van der Waals surface area contributed by atoms with Gasteiger partial charge in [0, 0.05) is 17.8 Å². The number of methoxy groups -OCH3 is 1. The van der Waals surface area contributed by atoms with E-state index in [2.05, 4.69) is 10.6 Å². The minimum absolute atomic E-state index is 0.162. The maximum absolute atomic E-state index is 12.5. The first-order valence-corrected chi connectivity index (χ1v) is 8.51. The minimum atomic E-state index is -0.666. The molecular formula is C20H24N2O4. The lowest BCUT2D eigenvalue weighted by Crippen LogP contribution is -2.41. The third kappa shape index (κ3) is 3.69. The highest BCUT2D eigenvalue weighted by atomic mass is 16.5. The van der Waals surface area contributed by atoms with Gasteiger partial charge in [0.25, 0.3) is 5.91 Å². The highest BCUT2D eigenvalue weighted by Crippen LogP contribution is 2.34. The number of fused-ring (bicyclic) bond motifs is 1. The Morgan fingerprint density at radius 1 is 1.27 bits per heavy atom. The first-order valence-electron chi connectivity index (χ1n) is 8.51. The second-order valence-electron chi connectivity index (χ2n) is 7.32. The molecule has 1 amide bonds. The van der Waals surface area contributed by atoms with E-state index in [1.165, 1.54) is 0 Å². The van der Waals surface area contributed by atoms with Gasteiger partial charge in [-0.2, -0.15) is 0 Å². The Morgan fingerprint density at radius 3 is 2.69 bits per heavy atom. The topological polar surface area (TPSA) is 79.8 Å². The van der Waals surface area contributed by atoms with E-state index >= 15 is 0 Å². The minimum Gasteiger partial charge on any atom is -0.508 e. The van der Waals surface area contributed by atoms with Crippen molar-refractivity contribution in [1.29, 1.82) is 0 Å². The lowest BCUT2D eigenvalue weighted by atomic mass is 9.86. The molecule has 1 atom stereocenters. The number of hydrogen-bond donors (Lipinski definition) is 3. The fraction of sp³-hybridized carbons (Fsp3) is 0.350. The van der Waals surface area contributed by atoms with Crippen molar-refractivity contribution in [1.82, 2.24) is 0 Å². The molecule has 1 unspecified atom stereocenters. The lowest BCUT2D eigenvalue weighted by Gasteiger charge is -2.27. The summed E-state index contributed by atoms with van der Waals surface area (Å²) < 4.78 is 11.0. The Bertz CT molecular complexity index is 827. The quantitative estimate of drug-likeness (QED) is 0.784. The van der Waals surface area contributed by atoms with Gasteiger partial charge in [0.15, 0.2) is 6.10 Å². The van der Waals surface area contributed by atoms with Gasteiger partial charge in [-0.15, -0.1) is 0 Å². The number of phenolic OH excluding ortho intramolecular Hbond substituents is 1. The molecule has 26 heavy (non-hydrogen) atoms. The van der Waals surface area contributed by atoms with Gasteiger partial charge in [0.2, 0.25) is 0 Å². The second kappa shape index (κ2) is 6.78. The number of ether oxygens (including phenoxy) is 2. The molecule has 6 nitrogen and oxygen atoms in total. The van der Waals surface area contributed by atoms with Crippen LogP contribution >= 0.6 is 0 Å². The number of nitrogens with one attached hydrogen (secondary N) is 2. The average molecular weight is 356 g/mol. The van der Waals surface area contributed by atoms with E-state index in [1.54, 1.807) is 31.4 Å². The Kier molecular flexibility index (Phi) is 4.68. The molecule has 0 bridgehead atoms. The highest BCUT2D eigenvalue weighted by Gasteiger charge is 2.27. The Labute approximate surface area is 153 Å². The van der Waals surface area contributed by atoms with Crippen LogP contribution in [-0.2, 0) is 10.2 Å². The van der Waals surface area contributed by atoms with E-state index < -0.39 is 6.10 Å². The van der Waals surface area contributed by atoms with Crippen molar-refractivity contribution in [3.8, 4) is 17.2 Å². The number of rotatable bonds is 3. The molecule has 138 valence electrons. The van der Waals surface area contributed by atoms with Gasteiger partial charge in [0.05, 0.1) is 19.3 Å². The molecule has 2 aromatic carbocycles. The van der Waals surface area contributed by atoms with Gasteiger partial charge < -0.3 is 25.2 Å². The molecule has 2 aromatic rings. The van der Waals surface area contributed by atoms with Crippen LogP contribution in [0.25, 0.3) is 0 Å². The number of carbonyl (C=O) groups is 1. The van der Waals surface area contributed by atoms with Crippen LogP contribution in [0, 0.1) is 0 Å². The first kappa shape index (κ1) is 17.9. The zero-order chi connectivity index (χ0) is 18.9. The van der Waals surface area contributed by atoms with Gasteiger partial charge >= 0.3 is 0 Å². The molecule has 1 aliphatic rings. The van der Waals surface area contributed by atoms with Crippen LogP contribution in [0.15, 0.2) is 36.4 Å². The summed E-state index contributed by atoms with van der Waals surface area (Å²) in [5, 5.41) is 16.2. The second-order valence-corrected chi connectivity index (χ2v) is 7.32. The van der Waals surface area contributed by atoms with Crippen LogP contribution in [0.2, 0.25) is 0 Å². The molecule has 3 N–H and O–H groups in total. The lowest BCUT2D eigenvalue weighted by molar-refractivity contribution is -0.122. The monoisotopic (exact) mass is 356 g/mol. The van der Waals surface area contributed by atoms with Crippen molar-refractivity contribution in [2.75, 3.05) is 24.3 Å². The predicted molar refractivity (Wildman–Crippen MR) is 101 cm³/mol. The molecular weight excluding hydrogens is 332 g/mol. The number of hydrogen-bond acceptors (Lipinski definition) is 5. The number of amides is 1. The molecule has 0 saturated heterocycles. The van der Waals surface area contributed by atoms with E-state index in [-0.39, 0.29) is 17.1 Å². The third-order valence-corrected chi connectivity index (χ3v) is 4.30. The average Bonchev–Trinajstić information content (AvgIpc) is 2.59. The van der Waals surface area contributed by atoms with E-state index in [4.69, 9.17) is 9.47 Å². The number of aromatic hydroxyl groups is 1. The van der Waals surface area contributed by atoms with E-state index in [0.717, 1.165) is 17.0 Å². The summed E-state index contributed by atoms with van der Waals surface area (Å²) >= 11 is 0. The fourth-order valence-electron chi connectivity index (χ4n) is 2.89. The van der Waals surface area contributed by atoms with Gasteiger partial charge in [-0.05, 0) is 29.2 Å². The summed E-state index contributed by atoms with van der Waals surface area (Å²) in [4.78, 5) is 12.5. The van der Waals surface area contributed by atoms with Crippen molar-refractivity contribution in [2.24, 2.45) is 0 Å². The van der Waals surface area contributed by atoms with E-state index in [1.807, 2.05) is 32.9 Å². The molecule has 0 spiro atoms. The molecule has 3 rings (SSSR count). The SMILES string of the molecule is COc1ccc2c(c1)NCC(C(=O)Nc1ccc(C(C)(C)C)c(O)c1)O2. The van der Waals surface area contributed by atoms with Crippen LogP contribution in [0.5, 0.6) is 17.2 Å². The molecule has 0 radical (unpaired) electrons. The smallest absolute Gasteiger partial charge is 0.267 e. The van der Waals surface area contributed by atoms with E-state index in [9.17, 15) is 9.90 Å². The maximum atomic E-state index is 12.5. The molecule has 0 saturated carbocycles. The van der Waals surface area contributed by atoms with Gasteiger partial charge in [-0.25, -0.2) is 0 Å². The Hall–Kier alpha value is -2.89. The number of carbonyl (C=O) groups excluding carboxylic acids is 1. The van der Waals surface area contributed by atoms with Gasteiger partial charge in [-0.3, -0.25) is 4.79 Å². The number of phenols is 1. The molecule has 1 heterocycles. The number of anilines is 2. The van der Waals surface area contributed by atoms with E-state index in [0.29, 0.717) is 18.0 Å². The van der Waals surface area contributed by atoms with Crippen LogP contribution in [-0.4, -0.2) is 30.8 Å². The van der Waals surface area contributed by atoms with Crippen LogP contribution in [0.3, 0.4) is 0 Å². The zero-order valence-corrected chi connectivity index (χ0v) is 15.4. The Balaban J connectivity index is 1.70. The maximum Gasteiger partial charge on any atom is 0.267 e. The predicted octanol–water partition coefficient (Wildman–Crippen LogP) is 3.51. The van der Waals surface area contributed by atoms with Crippen molar-refractivity contribution in [2.45, 2.75) is 32.3 Å². The first-order chi connectivity index (χ1) is 12.3. The van der Waals surface area contributed by atoms with Gasteiger partial charge in [-0.1, -0.05) is 26.8 Å². The fourth-order valence-corrected chi connectivity index (χ4v) is 2.89. The zero-order valence-electron chi connectivity index (χ0n) is 15.4. The van der Waals surface area contributed by atoms with Crippen LogP contribution < -0.4 is 20.1 Å². The van der Waals surface area contributed by atoms with Crippen molar-refractivity contribution >= 4 is 17.3 Å². The number of benzene rings is 2. The van der Waals surface area contributed by atoms with Crippen molar-refractivity contribution in [3.63, 3.8) is 0 Å². The normalized spacial score (nSPS) is 16.1. The molecule has 1 aliphatic heterocycles. The summed E-state index contributed by atoms with van der Waals surface area (Å²) in [5.41, 5.74) is 1.98. The molecule has 6 heteroatoms. The molecule has 0 fully saturated rings. The summed E-state index contributed by atoms with van der Waals surface area (Å²) in [6, 6.07) is 10.6.